The maximum Gasteiger partial charge on any atom is 0.224 e. The van der Waals surface area contributed by atoms with Gasteiger partial charge in [0.15, 0.2) is 5.78 Å². The zero-order valence-corrected chi connectivity index (χ0v) is 15.4. The number of hydrogen-bond acceptors (Lipinski definition) is 2. The van der Waals surface area contributed by atoms with Crippen molar-refractivity contribution in [2.75, 3.05) is 0 Å². The van der Waals surface area contributed by atoms with E-state index >= 15 is 0 Å². The van der Waals surface area contributed by atoms with E-state index < -0.39 is 0 Å². The molecule has 136 valence electrons. The lowest BCUT2D eigenvalue weighted by Gasteiger charge is -2.19. The second-order valence-electron chi connectivity index (χ2n) is 6.69. The Morgan fingerprint density at radius 3 is 2.04 bits per heavy atom. The normalized spacial score (nSPS) is 11.6. The first-order valence-electron chi connectivity index (χ1n) is 9.10. The number of amides is 1. The van der Waals surface area contributed by atoms with E-state index in [-0.39, 0.29) is 24.2 Å². The van der Waals surface area contributed by atoms with Crippen molar-refractivity contribution in [2.24, 2.45) is 0 Å². The maximum atomic E-state index is 12.7. The fourth-order valence-corrected chi connectivity index (χ4v) is 3.00. The van der Waals surface area contributed by atoms with Crippen LogP contribution in [0, 0.1) is 6.92 Å². The van der Waals surface area contributed by atoms with Crippen LogP contribution in [0.25, 0.3) is 0 Å². The average Bonchev–Trinajstić information content (AvgIpc) is 2.69. The molecule has 0 fully saturated rings. The number of carbonyl (C=O) groups excluding carboxylic acids is 2. The molecule has 0 aromatic heterocycles. The fraction of sp³-hybridized carbons (Fsp3) is 0.167. The second kappa shape index (κ2) is 8.95. The Bertz CT molecular complexity index is 887. The van der Waals surface area contributed by atoms with Gasteiger partial charge in [-0.2, -0.15) is 0 Å². The van der Waals surface area contributed by atoms with Gasteiger partial charge in [-0.3, -0.25) is 9.59 Å². The van der Waals surface area contributed by atoms with Crippen LogP contribution in [0.5, 0.6) is 0 Å². The van der Waals surface area contributed by atoms with Crippen LogP contribution in [-0.4, -0.2) is 11.7 Å². The molecule has 3 rings (SSSR count). The van der Waals surface area contributed by atoms with E-state index in [0.29, 0.717) is 12.0 Å². The van der Waals surface area contributed by atoms with Crippen molar-refractivity contribution in [3.05, 3.63) is 107 Å². The summed E-state index contributed by atoms with van der Waals surface area (Å²) in [5.41, 5.74) is 3.69. The Labute approximate surface area is 160 Å². The van der Waals surface area contributed by atoms with Crippen molar-refractivity contribution >= 4 is 11.7 Å². The summed E-state index contributed by atoms with van der Waals surface area (Å²) in [7, 11) is 0. The lowest BCUT2D eigenvalue weighted by molar-refractivity contribution is -0.121. The van der Waals surface area contributed by atoms with E-state index in [1.807, 2.05) is 79.7 Å². The topological polar surface area (TPSA) is 46.2 Å². The van der Waals surface area contributed by atoms with Crippen LogP contribution in [0.2, 0.25) is 0 Å². The van der Waals surface area contributed by atoms with Crippen molar-refractivity contribution in [3.63, 3.8) is 0 Å². The van der Waals surface area contributed by atoms with Gasteiger partial charge in [0, 0.05) is 12.0 Å². The molecule has 0 heterocycles. The van der Waals surface area contributed by atoms with Crippen LogP contribution >= 0.6 is 0 Å². The fourth-order valence-electron chi connectivity index (χ4n) is 3.00. The molecule has 0 spiro atoms. The van der Waals surface area contributed by atoms with Gasteiger partial charge >= 0.3 is 0 Å². The van der Waals surface area contributed by atoms with E-state index in [2.05, 4.69) is 5.32 Å². The standard InChI is InChI=1S/C24H23NO2/c1-18-12-14-20(15-13-18)22(17-23(26)21-10-6-3-7-11-21)25-24(27)16-19-8-4-2-5-9-19/h2-15,22H,16-17H2,1H3,(H,25,27). The third-order valence-corrected chi connectivity index (χ3v) is 4.51. The van der Waals surface area contributed by atoms with E-state index in [1.165, 1.54) is 0 Å². The minimum Gasteiger partial charge on any atom is -0.349 e. The summed E-state index contributed by atoms with van der Waals surface area (Å²) in [5.74, 6) is -0.0752. The first-order valence-corrected chi connectivity index (χ1v) is 9.10. The monoisotopic (exact) mass is 357 g/mol. The molecule has 3 heteroatoms. The average molecular weight is 357 g/mol. The summed E-state index contributed by atoms with van der Waals surface area (Å²) < 4.78 is 0. The summed E-state index contributed by atoms with van der Waals surface area (Å²) in [6.07, 6.45) is 0.524. The molecule has 0 bridgehead atoms. The molecule has 0 aliphatic rings. The Hall–Kier alpha value is -3.20. The summed E-state index contributed by atoms with van der Waals surface area (Å²) in [5, 5.41) is 3.04. The number of rotatable bonds is 7. The van der Waals surface area contributed by atoms with Gasteiger partial charge in [-0.25, -0.2) is 0 Å². The van der Waals surface area contributed by atoms with Gasteiger partial charge < -0.3 is 5.32 Å². The zero-order valence-electron chi connectivity index (χ0n) is 15.4. The lowest BCUT2D eigenvalue weighted by Crippen LogP contribution is -2.31. The molecule has 0 aliphatic carbocycles. The molecule has 27 heavy (non-hydrogen) atoms. The summed E-state index contributed by atoms with van der Waals surface area (Å²) in [6, 6.07) is 26.4. The number of aryl methyl sites for hydroxylation is 1. The van der Waals surface area contributed by atoms with E-state index in [1.54, 1.807) is 12.1 Å². The molecule has 0 aliphatic heterocycles. The number of ketones is 1. The van der Waals surface area contributed by atoms with Crippen LogP contribution in [0.15, 0.2) is 84.9 Å². The van der Waals surface area contributed by atoms with Gasteiger partial charge in [0.1, 0.15) is 0 Å². The van der Waals surface area contributed by atoms with Crippen LogP contribution in [0.3, 0.4) is 0 Å². The van der Waals surface area contributed by atoms with E-state index in [9.17, 15) is 9.59 Å². The Balaban J connectivity index is 1.76. The molecule has 3 nitrogen and oxygen atoms in total. The highest BCUT2D eigenvalue weighted by Gasteiger charge is 2.19. The van der Waals surface area contributed by atoms with Crippen molar-refractivity contribution in [2.45, 2.75) is 25.8 Å². The van der Waals surface area contributed by atoms with Gasteiger partial charge in [0.25, 0.3) is 0 Å². The number of hydrogen-bond donors (Lipinski definition) is 1. The molecule has 3 aromatic carbocycles. The first kappa shape index (κ1) is 18.6. The highest BCUT2D eigenvalue weighted by atomic mass is 16.2. The van der Waals surface area contributed by atoms with E-state index in [4.69, 9.17) is 0 Å². The molecule has 1 N–H and O–H groups in total. The number of carbonyl (C=O) groups is 2. The second-order valence-corrected chi connectivity index (χ2v) is 6.69. The zero-order chi connectivity index (χ0) is 19.1. The first-order chi connectivity index (χ1) is 13.1. The molecule has 1 amide bonds. The number of benzene rings is 3. The van der Waals surface area contributed by atoms with Crippen molar-refractivity contribution < 1.29 is 9.59 Å². The molecular weight excluding hydrogens is 334 g/mol. The summed E-state index contributed by atoms with van der Waals surface area (Å²) >= 11 is 0. The minimum absolute atomic E-state index is 0.0150. The quantitative estimate of drug-likeness (QED) is 0.625. The third kappa shape index (κ3) is 5.38. The van der Waals surface area contributed by atoms with Crippen LogP contribution in [0.4, 0.5) is 0 Å². The van der Waals surface area contributed by atoms with Crippen molar-refractivity contribution in [3.8, 4) is 0 Å². The highest BCUT2D eigenvalue weighted by molar-refractivity contribution is 5.96. The molecule has 0 saturated heterocycles. The van der Waals surface area contributed by atoms with Gasteiger partial charge in [0.2, 0.25) is 5.91 Å². The number of Topliss-reactive ketones (excluding diaryl/α,β-unsaturated/α-hetero) is 1. The van der Waals surface area contributed by atoms with Crippen LogP contribution < -0.4 is 5.32 Å². The van der Waals surface area contributed by atoms with Crippen LogP contribution in [0.1, 0.15) is 39.5 Å². The Kier molecular flexibility index (Phi) is 6.16. The van der Waals surface area contributed by atoms with Gasteiger partial charge in [-0.1, -0.05) is 90.5 Å². The Morgan fingerprint density at radius 2 is 1.41 bits per heavy atom. The van der Waals surface area contributed by atoms with Crippen molar-refractivity contribution in [1.82, 2.24) is 5.32 Å². The molecular formula is C24H23NO2. The molecule has 1 unspecified atom stereocenters. The SMILES string of the molecule is Cc1ccc(C(CC(=O)c2ccccc2)NC(=O)Cc2ccccc2)cc1. The predicted molar refractivity (Wildman–Crippen MR) is 108 cm³/mol. The minimum atomic E-state index is -0.352. The molecule has 1 atom stereocenters. The third-order valence-electron chi connectivity index (χ3n) is 4.51. The van der Waals surface area contributed by atoms with Gasteiger partial charge in [-0.15, -0.1) is 0 Å². The van der Waals surface area contributed by atoms with Gasteiger partial charge in [-0.05, 0) is 18.1 Å². The molecule has 0 saturated carbocycles. The van der Waals surface area contributed by atoms with Crippen LogP contribution in [-0.2, 0) is 11.2 Å². The number of nitrogens with one attached hydrogen (secondary N) is 1. The molecule has 3 aromatic rings. The van der Waals surface area contributed by atoms with E-state index in [0.717, 1.165) is 16.7 Å². The summed E-state index contributed by atoms with van der Waals surface area (Å²) in [4.78, 5) is 25.2. The molecule has 0 radical (unpaired) electrons. The smallest absolute Gasteiger partial charge is 0.224 e. The predicted octanol–water partition coefficient (Wildman–Crippen LogP) is 4.67. The lowest BCUT2D eigenvalue weighted by atomic mass is 9.97. The van der Waals surface area contributed by atoms with Gasteiger partial charge in [0.05, 0.1) is 12.5 Å². The Morgan fingerprint density at radius 1 is 0.815 bits per heavy atom. The maximum absolute atomic E-state index is 12.7. The summed E-state index contributed by atoms with van der Waals surface area (Å²) in [6.45, 7) is 2.02. The highest BCUT2D eigenvalue weighted by Crippen LogP contribution is 2.20. The van der Waals surface area contributed by atoms with Crippen molar-refractivity contribution in [1.29, 1.82) is 0 Å². The largest absolute Gasteiger partial charge is 0.349 e.